The van der Waals surface area contributed by atoms with Crippen LogP contribution >= 0.6 is 0 Å². The summed E-state index contributed by atoms with van der Waals surface area (Å²) in [7, 11) is -2.25. The summed E-state index contributed by atoms with van der Waals surface area (Å²) in [5, 5.41) is 2.65. The van der Waals surface area contributed by atoms with Crippen LogP contribution in [0.25, 0.3) is 22.3 Å². The fourth-order valence-corrected chi connectivity index (χ4v) is 18.2. The second-order valence-corrected chi connectivity index (χ2v) is 20.1. The van der Waals surface area contributed by atoms with Crippen LogP contribution in [0.15, 0.2) is 84.9 Å². The molecule has 1 aliphatic heterocycles. The van der Waals surface area contributed by atoms with E-state index in [-0.39, 0.29) is 8.45 Å². The number of hydrogen-bond acceptors (Lipinski definition) is 4. The molecule has 0 radical (unpaired) electrons. The third-order valence-electron chi connectivity index (χ3n) is 8.67. The Morgan fingerprint density at radius 2 is 1.00 bits per heavy atom. The van der Waals surface area contributed by atoms with E-state index >= 15 is 0 Å². The molecule has 188 valence electrons. The van der Waals surface area contributed by atoms with Crippen LogP contribution in [0.1, 0.15) is 44.5 Å². The summed E-state index contributed by atoms with van der Waals surface area (Å²) >= 11 is -4.56. The Bertz CT molecular complexity index is 1570. The Kier molecular flexibility index (Phi) is 5.10. The second-order valence-electron chi connectivity index (χ2n) is 11.1. The molecule has 0 spiro atoms. The van der Waals surface area contributed by atoms with Crippen LogP contribution in [0.5, 0.6) is 0 Å². The zero-order chi connectivity index (χ0) is 26.4. The van der Waals surface area contributed by atoms with Gasteiger partial charge in [-0.3, -0.25) is 0 Å². The molecule has 6 heteroatoms. The Morgan fingerprint density at radius 1 is 0.605 bits per heavy atom. The quantitative estimate of drug-likeness (QED) is 0.296. The Labute approximate surface area is 227 Å². The van der Waals surface area contributed by atoms with Gasteiger partial charge >= 0.3 is 229 Å². The van der Waals surface area contributed by atoms with E-state index in [4.69, 9.17) is 6.64 Å². The molecule has 0 amide bonds. The van der Waals surface area contributed by atoms with Crippen LogP contribution < -0.4 is 10.4 Å². The van der Waals surface area contributed by atoms with Gasteiger partial charge in [0.15, 0.2) is 0 Å². The number of benzene rings is 4. The molecule has 1 heterocycles. The Balaban J connectivity index is 1.72. The molecule has 0 bridgehead atoms. The van der Waals surface area contributed by atoms with Crippen molar-refractivity contribution in [2.45, 2.75) is 35.4 Å². The van der Waals surface area contributed by atoms with Gasteiger partial charge in [0, 0.05) is 0 Å². The van der Waals surface area contributed by atoms with Gasteiger partial charge in [-0.15, -0.1) is 0 Å². The number of fused-ring (bicyclic) bond motifs is 6. The summed E-state index contributed by atoms with van der Waals surface area (Å²) in [6, 6.07) is 30.0. The van der Waals surface area contributed by atoms with Crippen molar-refractivity contribution < 1.29 is 33.6 Å². The molecule has 2 aliphatic carbocycles. The van der Waals surface area contributed by atoms with E-state index in [0.29, 0.717) is 0 Å². The van der Waals surface area contributed by atoms with Crippen LogP contribution in [-0.4, -0.2) is 20.0 Å². The standard InChI is InChI=1S/C28H22Si.2C2H4O2.Ti/c1-29(2,27-15-7-13-23-21-11-5-3-9-19(21)17-25(23)27)28-16-8-14-24-22-12-6-4-10-20(22)18-26(24)28;2*1-2(3)4;/h3-18H,1-2H3;2*1H3,(H,3,4);/q;;;+2/p-2. The fourth-order valence-electron chi connectivity index (χ4n) is 7.46. The van der Waals surface area contributed by atoms with Gasteiger partial charge in [0.2, 0.25) is 0 Å². The number of rotatable bonds is 2. The first-order valence-corrected chi connectivity index (χ1v) is 19.2. The van der Waals surface area contributed by atoms with Crippen LogP contribution in [0.4, 0.5) is 0 Å². The third kappa shape index (κ3) is 3.01. The molecule has 3 aliphatic rings. The van der Waals surface area contributed by atoms with Crippen molar-refractivity contribution in [2.24, 2.45) is 0 Å². The average molecular weight is 553 g/mol. The normalized spacial score (nSPS) is 20.2. The van der Waals surface area contributed by atoms with Crippen LogP contribution in [0, 0.1) is 0 Å². The topological polar surface area (TPSA) is 52.6 Å². The molecule has 0 N–H and O–H groups in total. The van der Waals surface area contributed by atoms with Gasteiger partial charge in [0.05, 0.1) is 0 Å². The Hall–Kier alpha value is -3.25. The second kappa shape index (κ2) is 8.13. The van der Waals surface area contributed by atoms with Crippen molar-refractivity contribution >= 4 is 30.4 Å². The minimum absolute atomic E-state index is 0.283. The number of hydrogen-bond donors (Lipinski definition) is 0. The van der Waals surface area contributed by atoms with Crippen molar-refractivity contribution in [1.29, 1.82) is 0 Å². The maximum absolute atomic E-state index is 13.1. The first kappa shape index (κ1) is 23.8. The van der Waals surface area contributed by atoms with E-state index in [2.05, 4.69) is 85.9 Å². The SMILES string of the molecule is CC(=O)[O][Ti]1([O]C(C)=O)[CH]2c3ccccc3-c3cccc(c32)[Si](C)(C)c2cccc3c2[CH]1c1ccccc1-3. The van der Waals surface area contributed by atoms with Gasteiger partial charge in [0.25, 0.3) is 0 Å². The van der Waals surface area contributed by atoms with E-state index in [1.165, 1.54) is 46.5 Å². The molecule has 0 saturated heterocycles. The predicted molar refractivity (Wildman–Crippen MR) is 148 cm³/mol. The van der Waals surface area contributed by atoms with Crippen molar-refractivity contribution in [3.63, 3.8) is 0 Å². The fraction of sp³-hybridized carbons (Fsp3) is 0.188. The molecule has 4 nitrogen and oxygen atoms in total. The average Bonchev–Trinajstić information content (AvgIpc) is 3.41. The molecule has 0 saturated carbocycles. The molecular formula is C32H28O4SiTi. The van der Waals surface area contributed by atoms with Crippen LogP contribution in [0.3, 0.4) is 0 Å². The molecule has 7 rings (SSSR count). The first-order chi connectivity index (χ1) is 18.3. The van der Waals surface area contributed by atoms with Crippen LogP contribution in [-0.2, 0) is 33.6 Å². The minimum atomic E-state index is -4.56. The van der Waals surface area contributed by atoms with Crippen molar-refractivity contribution in [3.05, 3.63) is 107 Å². The van der Waals surface area contributed by atoms with Crippen molar-refractivity contribution in [3.8, 4) is 22.3 Å². The monoisotopic (exact) mass is 552 g/mol. The molecule has 0 aromatic heterocycles. The number of carbonyl (C=O) groups is 2. The first-order valence-electron chi connectivity index (χ1n) is 13.1. The summed E-state index contributed by atoms with van der Waals surface area (Å²) in [6.45, 7) is 7.76. The molecule has 0 fully saturated rings. The zero-order valence-electron chi connectivity index (χ0n) is 21.9. The van der Waals surface area contributed by atoms with Gasteiger partial charge in [-0.1, -0.05) is 0 Å². The van der Waals surface area contributed by atoms with Crippen molar-refractivity contribution in [1.82, 2.24) is 0 Å². The van der Waals surface area contributed by atoms with E-state index in [9.17, 15) is 9.59 Å². The molecule has 38 heavy (non-hydrogen) atoms. The summed E-state index contributed by atoms with van der Waals surface area (Å²) in [4.78, 5) is 26.1. The summed E-state index contributed by atoms with van der Waals surface area (Å²) in [5.74, 6) is -0.787. The predicted octanol–water partition coefficient (Wildman–Crippen LogP) is 5.77. The van der Waals surface area contributed by atoms with Crippen LogP contribution in [0.2, 0.25) is 13.1 Å². The molecule has 4 aromatic rings. The van der Waals surface area contributed by atoms with Crippen molar-refractivity contribution in [2.75, 3.05) is 0 Å². The van der Waals surface area contributed by atoms with E-state index in [1.807, 2.05) is 12.1 Å². The summed E-state index contributed by atoms with van der Waals surface area (Å²) in [6.07, 6.45) is 0. The molecule has 4 aromatic carbocycles. The van der Waals surface area contributed by atoms with Gasteiger partial charge in [0.1, 0.15) is 0 Å². The third-order valence-corrected chi connectivity index (χ3v) is 18.5. The molecule has 2 unspecified atom stereocenters. The van der Waals surface area contributed by atoms with Gasteiger partial charge in [-0.25, -0.2) is 0 Å². The van der Waals surface area contributed by atoms with E-state index in [0.717, 1.165) is 22.3 Å². The van der Waals surface area contributed by atoms with Gasteiger partial charge < -0.3 is 0 Å². The zero-order valence-corrected chi connectivity index (χ0v) is 24.4. The Morgan fingerprint density at radius 3 is 1.42 bits per heavy atom. The van der Waals surface area contributed by atoms with Gasteiger partial charge in [-0.05, 0) is 0 Å². The summed E-state index contributed by atoms with van der Waals surface area (Å²) in [5.41, 5.74) is 9.24. The number of carbonyl (C=O) groups excluding carboxylic acids is 2. The van der Waals surface area contributed by atoms with Gasteiger partial charge in [-0.2, -0.15) is 0 Å². The maximum atomic E-state index is 13.1. The summed E-state index contributed by atoms with van der Waals surface area (Å²) < 4.78 is 12.7. The van der Waals surface area contributed by atoms with E-state index in [1.54, 1.807) is 0 Å². The molecule has 2 atom stereocenters. The van der Waals surface area contributed by atoms with E-state index < -0.39 is 37.4 Å². The molecular weight excluding hydrogens is 524 g/mol.